The summed E-state index contributed by atoms with van der Waals surface area (Å²) in [6.07, 6.45) is 1.95. The maximum absolute atomic E-state index is 13.1. The number of hydrogen-bond donors (Lipinski definition) is 1. The van der Waals surface area contributed by atoms with Crippen molar-refractivity contribution < 1.29 is 8.78 Å². The quantitative estimate of drug-likeness (QED) is 0.904. The summed E-state index contributed by atoms with van der Waals surface area (Å²) in [5.41, 5.74) is 1.89. The second-order valence-corrected chi connectivity index (χ2v) is 5.60. The van der Waals surface area contributed by atoms with E-state index in [1.807, 2.05) is 6.26 Å². The molecule has 0 radical (unpaired) electrons. The Morgan fingerprint density at radius 2 is 1.43 bits per heavy atom. The van der Waals surface area contributed by atoms with Crippen LogP contribution < -0.4 is 5.32 Å². The van der Waals surface area contributed by atoms with E-state index in [0.717, 1.165) is 16.3 Å². The van der Waals surface area contributed by atoms with Gasteiger partial charge in [0.15, 0.2) is 5.17 Å². The van der Waals surface area contributed by atoms with Crippen molar-refractivity contribution in [2.75, 3.05) is 6.26 Å². The fourth-order valence-corrected chi connectivity index (χ4v) is 2.89. The molecule has 0 aromatic heterocycles. The van der Waals surface area contributed by atoms with Crippen molar-refractivity contribution in [1.29, 1.82) is 0 Å². The Balaban J connectivity index is 1.95. The zero-order chi connectivity index (χ0) is 14.8. The average molecular weight is 304 g/mol. The van der Waals surface area contributed by atoms with Crippen LogP contribution >= 0.6 is 11.8 Å². The number of nitrogens with zero attached hydrogens (tertiary/aromatic N) is 1. The number of rotatable bonds is 2. The second kappa shape index (κ2) is 5.85. The van der Waals surface area contributed by atoms with Gasteiger partial charge in [0.05, 0.1) is 6.04 Å². The third kappa shape index (κ3) is 2.93. The Labute approximate surface area is 126 Å². The molecule has 0 saturated carbocycles. The van der Waals surface area contributed by atoms with Crippen LogP contribution in [0.4, 0.5) is 8.78 Å². The van der Waals surface area contributed by atoms with Crippen LogP contribution in [0.5, 0.6) is 0 Å². The molecule has 2 nitrogen and oxygen atoms in total. The summed E-state index contributed by atoms with van der Waals surface area (Å²) in [4.78, 5) is 4.64. The van der Waals surface area contributed by atoms with Gasteiger partial charge in [0.2, 0.25) is 0 Å². The highest BCUT2D eigenvalue weighted by molar-refractivity contribution is 8.13. The zero-order valence-corrected chi connectivity index (χ0v) is 12.2. The van der Waals surface area contributed by atoms with Gasteiger partial charge in [-0.15, -0.1) is 0 Å². The lowest BCUT2D eigenvalue weighted by Crippen LogP contribution is -2.22. The number of halogens is 2. The van der Waals surface area contributed by atoms with Gasteiger partial charge in [0, 0.05) is 0 Å². The average Bonchev–Trinajstić information content (AvgIpc) is 2.93. The highest BCUT2D eigenvalue weighted by atomic mass is 32.2. The monoisotopic (exact) mass is 304 g/mol. The molecule has 5 heteroatoms. The van der Waals surface area contributed by atoms with Crippen molar-refractivity contribution in [3.8, 4) is 0 Å². The summed E-state index contributed by atoms with van der Waals surface area (Å²) < 4.78 is 26.2. The fourth-order valence-electron chi connectivity index (χ4n) is 2.42. The molecular formula is C16H14F2N2S. The minimum absolute atomic E-state index is 0.0708. The van der Waals surface area contributed by atoms with E-state index in [1.165, 1.54) is 36.0 Å². The normalized spacial score (nSPS) is 21.0. The largest absolute Gasteiger partial charge is 0.356 e. The second-order valence-electron chi connectivity index (χ2n) is 4.81. The third-order valence-corrected chi connectivity index (χ3v) is 4.10. The van der Waals surface area contributed by atoms with Gasteiger partial charge in [-0.3, -0.25) is 4.99 Å². The van der Waals surface area contributed by atoms with E-state index in [2.05, 4.69) is 10.3 Å². The molecule has 1 heterocycles. The van der Waals surface area contributed by atoms with Crippen LogP contribution in [0.25, 0.3) is 0 Å². The van der Waals surface area contributed by atoms with Crippen LogP contribution in [-0.4, -0.2) is 11.4 Å². The number of nitrogens with one attached hydrogen (secondary N) is 1. The molecule has 2 aromatic carbocycles. The van der Waals surface area contributed by atoms with Gasteiger partial charge in [0.1, 0.15) is 17.7 Å². The van der Waals surface area contributed by atoms with E-state index in [-0.39, 0.29) is 23.7 Å². The summed E-state index contributed by atoms with van der Waals surface area (Å²) in [6, 6.07) is 12.5. The first-order valence-corrected chi connectivity index (χ1v) is 7.79. The summed E-state index contributed by atoms with van der Waals surface area (Å²) >= 11 is 1.53. The minimum atomic E-state index is -0.267. The Morgan fingerprint density at radius 1 is 0.905 bits per heavy atom. The molecule has 0 fully saturated rings. The molecule has 1 aliphatic rings. The Morgan fingerprint density at radius 3 is 1.95 bits per heavy atom. The lowest BCUT2D eigenvalue weighted by atomic mass is 9.95. The molecule has 0 bridgehead atoms. The third-order valence-electron chi connectivity index (χ3n) is 3.49. The SMILES string of the molecule is CSC1=NC(c2ccc(F)cc2)C(c2ccc(F)cc2)N1. The number of amidine groups is 1. The molecule has 2 atom stereocenters. The van der Waals surface area contributed by atoms with Gasteiger partial charge in [0.25, 0.3) is 0 Å². The molecule has 0 aliphatic carbocycles. The van der Waals surface area contributed by atoms with Gasteiger partial charge in [-0.05, 0) is 41.6 Å². The summed E-state index contributed by atoms with van der Waals surface area (Å²) in [5.74, 6) is -0.529. The van der Waals surface area contributed by atoms with E-state index in [9.17, 15) is 8.78 Å². The van der Waals surface area contributed by atoms with Gasteiger partial charge < -0.3 is 5.32 Å². The Kier molecular flexibility index (Phi) is 3.92. The van der Waals surface area contributed by atoms with E-state index < -0.39 is 0 Å². The maximum atomic E-state index is 13.1. The molecule has 1 aliphatic heterocycles. The van der Waals surface area contributed by atoms with Gasteiger partial charge in [-0.1, -0.05) is 36.0 Å². The lowest BCUT2D eigenvalue weighted by Gasteiger charge is -2.19. The number of hydrogen-bond acceptors (Lipinski definition) is 3. The number of aliphatic imine (C=N–C) groups is 1. The molecule has 2 aromatic rings. The van der Waals surface area contributed by atoms with Crippen LogP contribution in [-0.2, 0) is 0 Å². The Hall–Kier alpha value is -1.88. The first-order chi connectivity index (χ1) is 10.2. The molecule has 21 heavy (non-hydrogen) atoms. The minimum Gasteiger partial charge on any atom is -0.356 e. The van der Waals surface area contributed by atoms with E-state index in [4.69, 9.17) is 0 Å². The summed E-state index contributed by atoms with van der Waals surface area (Å²) in [6.45, 7) is 0. The molecular weight excluding hydrogens is 290 g/mol. The van der Waals surface area contributed by atoms with E-state index in [0.29, 0.717) is 0 Å². The van der Waals surface area contributed by atoms with E-state index in [1.54, 1.807) is 24.3 Å². The van der Waals surface area contributed by atoms with Crippen LogP contribution in [0.2, 0.25) is 0 Å². The predicted molar refractivity (Wildman–Crippen MR) is 82.4 cm³/mol. The van der Waals surface area contributed by atoms with Crippen molar-refractivity contribution in [1.82, 2.24) is 5.32 Å². The van der Waals surface area contributed by atoms with Crippen LogP contribution in [0, 0.1) is 11.6 Å². The highest BCUT2D eigenvalue weighted by Gasteiger charge is 2.30. The van der Waals surface area contributed by atoms with Gasteiger partial charge >= 0.3 is 0 Å². The molecule has 0 amide bonds. The summed E-state index contributed by atoms with van der Waals surface area (Å²) in [5, 5.41) is 4.17. The molecule has 2 unspecified atom stereocenters. The van der Waals surface area contributed by atoms with Gasteiger partial charge in [-0.2, -0.15) is 0 Å². The van der Waals surface area contributed by atoms with Crippen LogP contribution in [0.3, 0.4) is 0 Å². The van der Waals surface area contributed by atoms with Crippen LogP contribution in [0.15, 0.2) is 53.5 Å². The predicted octanol–water partition coefficient (Wildman–Crippen LogP) is 4.07. The Bertz CT molecular complexity index is 653. The molecule has 0 spiro atoms. The van der Waals surface area contributed by atoms with Crippen molar-refractivity contribution in [3.05, 3.63) is 71.3 Å². The number of benzene rings is 2. The topological polar surface area (TPSA) is 24.4 Å². The zero-order valence-electron chi connectivity index (χ0n) is 11.4. The van der Waals surface area contributed by atoms with Crippen molar-refractivity contribution >= 4 is 16.9 Å². The molecule has 3 rings (SSSR count). The maximum Gasteiger partial charge on any atom is 0.157 e. The standard InChI is InChI=1S/C16H14F2N2S/c1-21-16-19-14(10-2-6-12(17)7-3-10)15(20-16)11-4-8-13(18)9-5-11/h2-9,14-15H,1H3,(H,19,20). The molecule has 0 saturated heterocycles. The van der Waals surface area contributed by atoms with Crippen molar-refractivity contribution in [2.45, 2.75) is 12.1 Å². The van der Waals surface area contributed by atoms with Crippen molar-refractivity contribution in [2.24, 2.45) is 4.99 Å². The van der Waals surface area contributed by atoms with Gasteiger partial charge in [-0.25, -0.2) is 8.78 Å². The van der Waals surface area contributed by atoms with E-state index >= 15 is 0 Å². The first kappa shape index (κ1) is 14.1. The lowest BCUT2D eigenvalue weighted by molar-refractivity contribution is 0.566. The first-order valence-electron chi connectivity index (χ1n) is 6.56. The molecule has 1 N–H and O–H groups in total. The smallest absolute Gasteiger partial charge is 0.157 e. The summed E-state index contributed by atoms with van der Waals surface area (Å²) in [7, 11) is 0. The highest BCUT2D eigenvalue weighted by Crippen LogP contribution is 2.37. The fraction of sp³-hybridized carbons (Fsp3) is 0.188. The molecule has 108 valence electrons. The van der Waals surface area contributed by atoms with Crippen LogP contribution in [0.1, 0.15) is 23.2 Å². The van der Waals surface area contributed by atoms with Crippen molar-refractivity contribution in [3.63, 3.8) is 0 Å². The number of thioether (sulfide) groups is 1.